The van der Waals surface area contributed by atoms with Crippen LogP contribution < -0.4 is 19.7 Å². The summed E-state index contributed by atoms with van der Waals surface area (Å²) < 4.78 is 58.5. The van der Waals surface area contributed by atoms with Gasteiger partial charge in [-0.2, -0.15) is 13.5 Å². The van der Waals surface area contributed by atoms with Gasteiger partial charge in [0.2, 0.25) is 18.2 Å². The van der Waals surface area contributed by atoms with Crippen LogP contribution in [0.4, 0.5) is 17.1 Å². The number of aromatic hydroxyl groups is 2. The van der Waals surface area contributed by atoms with Crippen LogP contribution in [-0.4, -0.2) is 46.9 Å². The zero-order valence-corrected chi connectivity index (χ0v) is 26.3. The van der Waals surface area contributed by atoms with Crippen LogP contribution in [0, 0.1) is 6.92 Å². The van der Waals surface area contributed by atoms with E-state index in [1.54, 1.807) is 37.3 Å². The van der Waals surface area contributed by atoms with Gasteiger partial charge in [0.05, 0.1) is 16.3 Å². The highest BCUT2D eigenvalue weighted by Gasteiger charge is 2.22. The number of ether oxygens (including phenoxy) is 2. The maximum Gasteiger partial charge on any atom is 0.294 e. The molecule has 0 aliphatic heterocycles. The zero-order chi connectivity index (χ0) is 33.7. The predicted molar refractivity (Wildman–Crippen MR) is 174 cm³/mol. The molecule has 0 spiro atoms. The highest BCUT2D eigenvalue weighted by molar-refractivity contribution is 7.88. The third-order valence-electron chi connectivity index (χ3n) is 6.77. The van der Waals surface area contributed by atoms with Gasteiger partial charge in [-0.05, 0) is 66.4 Å². The zero-order valence-electron chi connectivity index (χ0n) is 24.7. The van der Waals surface area contributed by atoms with E-state index in [1.807, 2.05) is 24.3 Å². The third-order valence-corrected chi connectivity index (χ3v) is 7.73. The summed E-state index contributed by atoms with van der Waals surface area (Å²) in [5, 5.41) is 33.6. The minimum absolute atomic E-state index is 0.0149. The number of nitrogens with zero attached hydrogens (tertiary/aromatic N) is 2. The van der Waals surface area contributed by atoms with Crippen LogP contribution in [0.1, 0.15) is 12.5 Å². The molecule has 5 N–H and O–H groups in total. The van der Waals surface area contributed by atoms with Crippen molar-refractivity contribution < 1.29 is 51.2 Å². The highest BCUT2D eigenvalue weighted by Crippen LogP contribution is 2.47. The van der Waals surface area contributed by atoms with Crippen molar-refractivity contribution in [3.8, 4) is 28.7 Å². The van der Waals surface area contributed by atoms with Crippen LogP contribution in [0.25, 0.3) is 21.5 Å². The quantitative estimate of drug-likeness (QED) is 0.0221. The fourth-order valence-corrected chi connectivity index (χ4v) is 5.36. The number of hydrogen-bond donors (Lipinski definition) is 5. The number of rotatable bonds is 12. The van der Waals surface area contributed by atoms with Gasteiger partial charge >= 0.3 is 0 Å². The normalized spacial score (nSPS) is 11.7. The minimum Gasteiger partial charge on any atom is -0.507 e. The Bertz CT molecular complexity index is 2110. The lowest BCUT2D eigenvalue weighted by Gasteiger charge is -2.14. The number of fused-ring (bicyclic) bond motifs is 2. The Morgan fingerprint density at radius 2 is 1.60 bits per heavy atom. The topological polar surface area (TPSA) is 206 Å². The smallest absolute Gasteiger partial charge is 0.294 e. The van der Waals surface area contributed by atoms with Crippen LogP contribution in [0.5, 0.6) is 28.7 Å². The summed E-state index contributed by atoms with van der Waals surface area (Å²) in [6.45, 7) is 3.43. The Hall–Kier alpha value is -5.13. The van der Waals surface area contributed by atoms with E-state index < -0.39 is 26.7 Å². The van der Waals surface area contributed by atoms with Gasteiger partial charge in [0, 0.05) is 23.1 Å². The molecule has 244 valence electrons. The molecule has 0 saturated heterocycles. The number of amides is 1. The summed E-state index contributed by atoms with van der Waals surface area (Å²) in [6, 6.07) is 18.8. The molecule has 16 heteroatoms. The van der Waals surface area contributed by atoms with Crippen molar-refractivity contribution in [2.75, 3.05) is 18.5 Å². The van der Waals surface area contributed by atoms with E-state index in [9.17, 15) is 28.0 Å². The molecule has 47 heavy (non-hydrogen) atoms. The monoisotopic (exact) mass is 681 g/mol. The van der Waals surface area contributed by atoms with Crippen LogP contribution in [0.2, 0.25) is 0 Å². The first-order chi connectivity index (χ1) is 22.5. The number of carbonyl (C=O) groups is 1. The third kappa shape index (κ3) is 7.65. The van der Waals surface area contributed by atoms with E-state index in [4.69, 9.17) is 18.9 Å². The lowest BCUT2D eigenvalue weighted by molar-refractivity contribution is -0.114. The van der Waals surface area contributed by atoms with Crippen molar-refractivity contribution in [2.45, 2.75) is 18.7 Å². The van der Waals surface area contributed by atoms with Gasteiger partial charge in [0.25, 0.3) is 10.1 Å². The number of hydrogen-bond acceptors (Lipinski definition) is 13. The van der Waals surface area contributed by atoms with E-state index >= 15 is 0 Å². The number of nitrogens with one attached hydrogen (secondary N) is 1. The maximum absolute atomic E-state index is 11.8. The van der Waals surface area contributed by atoms with Crippen LogP contribution >= 0.6 is 12.3 Å². The second-order valence-electron chi connectivity index (χ2n) is 10.00. The molecule has 0 saturated carbocycles. The van der Waals surface area contributed by atoms with Crippen molar-refractivity contribution in [1.82, 2.24) is 0 Å². The molecular weight excluding hydrogens is 654 g/mol. The lowest BCUT2D eigenvalue weighted by atomic mass is 10.1. The summed E-state index contributed by atoms with van der Waals surface area (Å²) in [4.78, 5) is 16.3. The highest BCUT2D eigenvalue weighted by atomic mass is 32.2. The average molecular weight is 682 g/mol. The summed E-state index contributed by atoms with van der Waals surface area (Å²) in [5.74, 6) is -0.0865. The number of anilines is 1. The average Bonchev–Trinajstić information content (AvgIpc) is 3.03. The van der Waals surface area contributed by atoms with E-state index in [0.717, 1.165) is 17.5 Å². The Morgan fingerprint density at radius 3 is 2.28 bits per heavy atom. The molecule has 0 radical (unpaired) electrons. The summed E-state index contributed by atoms with van der Waals surface area (Å²) in [7, 11) is -4.70. The van der Waals surface area contributed by atoms with Crippen molar-refractivity contribution in [2.24, 2.45) is 10.2 Å². The fraction of sp³-hybridized carbons (Fsp3) is 0.129. The van der Waals surface area contributed by atoms with Crippen molar-refractivity contribution in [3.63, 3.8) is 0 Å². The van der Waals surface area contributed by atoms with Crippen molar-refractivity contribution in [1.29, 1.82) is 0 Å². The Morgan fingerprint density at radius 1 is 0.894 bits per heavy atom. The molecule has 0 unspecified atom stereocenters. The van der Waals surface area contributed by atoms with Crippen molar-refractivity contribution in [3.05, 3.63) is 78.4 Å². The molecular formula is C31H27N3O11S2. The predicted octanol–water partition coefficient (Wildman–Crippen LogP) is 7.22. The first kappa shape index (κ1) is 33.2. The van der Waals surface area contributed by atoms with E-state index in [1.165, 1.54) is 13.0 Å². The standard InChI is InChI=1S/C31H27N3O11S2/c1-17-13-26(23-5-3-4-6-24(23)30(17)36)43-12-11-42-21-9-7-20(8-10-21)33-34-29-27(44-45-46-38)15-19-14-22(47(39,40)41)16-25(32-18(2)35)28(19)31(29)37/h3-10,13-16,36-38H,11-12H2,1-2H3,(H,32,35)(H,39,40,41). The van der Waals surface area contributed by atoms with Gasteiger partial charge in [-0.3, -0.25) is 9.35 Å². The molecule has 0 bridgehead atoms. The first-order valence-electron chi connectivity index (χ1n) is 13.7. The largest absolute Gasteiger partial charge is 0.507 e. The lowest BCUT2D eigenvalue weighted by Crippen LogP contribution is -2.09. The molecule has 0 fully saturated rings. The summed E-state index contributed by atoms with van der Waals surface area (Å²) in [5.41, 5.74) is 0.609. The van der Waals surface area contributed by atoms with Gasteiger partial charge in [0.1, 0.15) is 30.5 Å². The molecule has 0 aromatic heterocycles. The number of benzene rings is 5. The number of phenolic OH excluding ortho intramolecular Hbond substituents is 2. The van der Waals surface area contributed by atoms with E-state index in [0.29, 0.717) is 28.1 Å². The maximum atomic E-state index is 11.8. The second-order valence-corrected chi connectivity index (χ2v) is 11.7. The van der Waals surface area contributed by atoms with E-state index in [2.05, 4.69) is 19.9 Å². The Balaban J connectivity index is 1.34. The number of carbonyl (C=O) groups excluding carboxylic acids is 1. The summed E-state index contributed by atoms with van der Waals surface area (Å²) >= 11 is -0.142. The SMILES string of the molecule is CC(=O)Nc1cc(S(=O)(=O)O)cc2cc(OOSO)c(N=Nc3ccc(OCCOc4cc(C)c(O)c5ccccc45)cc3)c(O)c12. The van der Waals surface area contributed by atoms with Gasteiger partial charge < -0.3 is 34.4 Å². The number of azo groups is 1. The van der Waals surface area contributed by atoms with E-state index in [-0.39, 0.29) is 59.2 Å². The molecule has 1 amide bonds. The minimum atomic E-state index is -4.70. The fourth-order valence-electron chi connectivity index (χ4n) is 4.72. The van der Waals surface area contributed by atoms with Crippen LogP contribution in [0.3, 0.4) is 0 Å². The molecule has 0 heterocycles. The Kier molecular flexibility index (Phi) is 9.97. The van der Waals surface area contributed by atoms with Gasteiger partial charge in [-0.25, -0.2) is 0 Å². The second kappa shape index (κ2) is 14.1. The molecule has 14 nitrogen and oxygen atoms in total. The van der Waals surface area contributed by atoms with Crippen LogP contribution in [0.15, 0.2) is 87.9 Å². The molecule has 0 aliphatic carbocycles. The van der Waals surface area contributed by atoms with Crippen LogP contribution in [-0.2, 0) is 19.2 Å². The molecule has 0 aliphatic rings. The molecule has 5 aromatic carbocycles. The van der Waals surface area contributed by atoms with Gasteiger partial charge in [-0.1, -0.05) is 28.6 Å². The number of phenols is 2. The first-order valence-corrected chi connectivity index (χ1v) is 15.8. The molecule has 5 rings (SSSR count). The summed E-state index contributed by atoms with van der Waals surface area (Å²) in [6.07, 6.45) is 0. The Labute approximate surface area is 272 Å². The van der Waals surface area contributed by atoms with Gasteiger partial charge in [0.15, 0.2) is 17.2 Å². The molecule has 5 aromatic rings. The van der Waals surface area contributed by atoms with Crippen molar-refractivity contribution >= 4 is 67.0 Å². The van der Waals surface area contributed by atoms with Gasteiger partial charge in [-0.15, -0.1) is 5.11 Å². The molecule has 0 atom stereocenters. The number of aryl methyl sites for hydroxylation is 1.